The summed E-state index contributed by atoms with van der Waals surface area (Å²) in [4.78, 5) is 19.1. The van der Waals surface area contributed by atoms with Gasteiger partial charge in [0.15, 0.2) is 5.96 Å². The van der Waals surface area contributed by atoms with Gasteiger partial charge in [-0.25, -0.2) is 0 Å². The molecule has 29 heavy (non-hydrogen) atoms. The molecule has 3 N–H and O–H groups in total. The highest BCUT2D eigenvalue weighted by molar-refractivity contribution is 14.0. The van der Waals surface area contributed by atoms with Crippen LogP contribution < -0.4 is 16.0 Å². The van der Waals surface area contributed by atoms with Gasteiger partial charge in [0.2, 0.25) is 0 Å². The maximum absolute atomic E-state index is 11.8. The van der Waals surface area contributed by atoms with Gasteiger partial charge in [-0.2, -0.15) is 0 Å². The van der Waals surface area contributed by atoms with Gasteiger partial charge >= 0.3 is 0 Å². The zero-order valence-corrected chi connectivity index (χ0v) is 20.5. The monoisotopic (exact) mass is 515 g/mol. The Morgan fingerprint density at radius 1 is 1.28 bits per heavy atom. The van der Waals surface area contributed by atoms with Crippen LogP contribution in [0.2, 0.25) is 0 Å². The minimum atomic E-state index is -0.0484. The van der Waals surface area contributed by atoms with Crippen molar-refractivity contribution in [1.29, 1.82) is 0 Å². The highest BCUT2D eigenvalue weighted by atomic mass is 127. The van der Waals surface area contributed by atoms with Crippen molar-refractivity contribution < 1.29 is 4.79 Å². The number of aliphatic imine (C=N–C) groups is 1. The van der Waals surface area contributed by atoms with Crippen LogP contribution in [-0.2, 0) is 6.42 Å². The lowest BCUT2D eigenvalue weighted by Gasteiger charge is -2.33. The molecule has 1 atom stereocenters. The number of nitrogens with one attached hydrogen (secondary N) is 3. The summed E-state index contributed by atoms with van der Waals surface area (Å²) in [6.07, 6.45) is 5.97. The van der Waals surface area contributed by atoms with Crippen molar-refractivity contribution in [2.75, 3.05) is 39.8 Å². The highest BCUT2D eigenvalue weighted by Gasteiger charge is 2.16. The summed E-state index contributed by atoms with van der Waals surface area (Å²) in [5, 5.41) is 9.39. The predicted molar refractivity (Wildman–Crippen MR) is 132 cm³/mol. The summed E-state index contributed by atoms with van der Waals surface area (Å²) < 4.78 is 0. The molecule has 1 aliphatic heterocycles. The van der Waals surface area contributed by atoms with Crippen LogP contribution in [0.25, 0.3) is 0 Å². The molecular weight excluding hydrogens is 477 g/mol. The van der Waals surface area contributed by atoms with E-state index in [-0.39, 0.29) is 29.9 Å². The summed E-state index contributed by atoms with van der Waals surface area (Å²) in [6.45, 7) is 9.26. The molecule has 1 fully saturated rings. The molecule has 6 nitrogen and oxygen atoms in total. The molecule has 1 saturated heterocycles. The van der Waals surface area contributed by atoms with Gasteiger partial charge in [0.05, 0.1) is 0 Å². The first-order chi connectivity index (χ1) is 13.6. The molecule has 0 aromatic heterocycles. The Labute approximate surface area is 193 Å². The van der Waals surface area contributed by atoms with Gasteiger partial charge in [-0.15, -0.1) is 24.0 Å². The number of piperidine rings is 1. The molecule has 1 aromatic rings. The number of nitrogens with zero attached hydrogens (tertiary/aromatic N) is 2. The first-order valence-electron chi connectivity index (χ1n) is 10.7. The number of hydrogen-bond acceptors (Lipinski definition) is 3. The van der Waals surface area contributed by atoms with E-state index in [2.05, 4.69) is 40.8 Å². The normalized spacial score (nSPS) is 17.3. The number of halogens is 1. The molecule has 7 heteroatoms. The number of hydrogen-bond donors (Lipinski definition) is 3. The molecule has 164 valence electrons. The minimum absolute atomic E-state index is 0. The van der Waals surface area contributed by atoms with Gasteiger partial charge in [-0.1, -0.05) is 18.6 Å². The molecule has 0 radical (unpaired) electrons. The lowest BCUT2D eigenvalue weighted by atomic mass is 10.0. The van der Waals surface area contributed by atoms with Gasteiger partial charge in [-0.3, -0.25) is 9.79 Å². The number of carbonyl (C=O) groups is 1. The van der Waals surface area contributed by atoms with Gasteiger partial charge in [0.25, 0.3) is 5.91 Å². The number of amides is 1. The first kappa shape index (κ1) is 25.7. The Balaban J connectivity index is 0.00000420. The quantitative estimate of drug-likeness (QED) is 0.205. The Hall–Kier alpha value is -1.35. The van der Waals surface area contributed by atoms with Crippen LogP contribution in [0.3, 0.4) is 0 Å². The average Bonchev–Trinajstić information content (AvgIpc) is 2.72. The second kappa shape index (κ2) is 14.6. The average molecular weight is 515 g/mol. The van der Waals surface area contributed by atoms with Gasteiger partial charge in [0.1, 0.15) is 0 Å². The van der Waals surface area contributed by atoms with E-state index in [1.54, 1.807) is 7.05 Å². The maximum atomic E-state index is 11.8. The van der Waals surface area contributed by atoms with E-state index in [0.717, 1.165) is 56.6 Å². The Morgan fingerprint density at radius 2 is 2.10 bits per heavy atom. The van der Waals surface area contributed by atoms with Crippen molar-refractivity contribution in [2.45, 2.75) is 52.0 Å². The molecule has 1 unspecified atom stereocenters. The molecule has 0 saturated carbocycles. The SMILES string of the molecule is CCNC(=NCCCN1CCCCC1C)NCCc1cccc(C(=O)NC)c1.I. The second-order valence-corrected chi connectivity index (χ2v) is 7.45. The molecule has 2 rings (SSSR count). The Kier molecular flexibility index (Phi) is 12.9. The number of benzene rings is 1. The smallest absolute Gasteiger partial charge is 0.251 e. The largest absolute Gasteiger partial charge is 0.357 e. The summed E-state index contributed by atoms with van der Waals surface area (Å²) in [5.41, 5.74) is 1.84. The van der Waals surface area contributed by atoms with Gasteiger partial charge in [-0.05, 0) is 63.8 Å². The lowest BCUT2D eigenvalue weighted by Crippen LogP contribution is -2.39. The van der Waals surface area contributed by atoms with E-state index in [4.69, 9.17) is 4.99 Å². The van der Waals surface area contributed by atoms with Crippen LogP contribution in [0.15, 0.2) is 29.3 Å². The highest BCUT2D eigenvalue weighted by Crippen LogP contribution is 2.16. The minimum Gasteiger partial charge on any atom is -0.357 e. The van der Waals surface area contributed by atoms with Crippen molar-refractivity contribution in [3.63, 3.8) is 0 Å². The molecule has 1 heterocycles. The van der Waals surface area contributed by atoms with Gasteiger partial charge in [0, 0.05) is 44.8 Å². The van der Waals surface area contributed by atoms with E-state index < -0.39 is 0 Å². The zero-order chi connectivity index (χ0) is 20.2. The Bertz CT molecular complexity index is 637. The fourth-order valence-corrected chi connectivity index (χ4v) is 3.63. The molecule has 0 bridgehead atoms. The summed E-state index contributed by atoms with van der Waals surface area (Å²) in [7, 11) is 1.65. The van der Waals surface area contributed by atoms with Crippen molar-refractivity contribution in [3.8, 4) is 0 Å². The van der Waals surface area contributed by atoms with Crippen molar-refractivity contribution in [1.82, 2.24) is 20.9 Å². The van der Waals surface area contributed by atoms with Crippen LogP contribution in [0, 0.1) is 0 Å². The van der Waals surface area contributed by atoms with Crippen molar-refractivity contribution in [3.05, 3.63) is 35.4 Å². The third kappa shape index (κ3) is 9.33. The summed E-state index contributed by atoms with van der Waals surface area (Å²) >= 11 is 0. The van der Waals surface area contributed by atoms with Crippen LogP contribution in [0.1, 0.15) is 55.5 Å². The van der Waals surface area contributed by atoms with Crippen LogP contribution in [0.4, 0.5) is 0 Å². The maximum Gasteiger partial charge on any atom is 0.251 e. The number of rotatable bonds is 9. The Morgan fingerprint density at radius 3 is 2.83 bits per heavy atom. The van der Waals surface area contributed by atoms with E-state index in [9.17, 15) is 4.79 Å². The molecule has 0 aliphatic carbocycles. The predicted octanol–water partition coefficient (Wildman–Crippen LogP) is 3.03. The molecule has 1 aromatic carbocycles. The van der Waals surface area contributed by atoms with Crippen LogP contribution >= 0.6 is 24.0 Å². The third-order valence-electron chi connectivity index (χ3n) is 5.28. The number of carbonyl (C=O) groups excluding carboxylic acids is 1. The zero-order valence-electron chi connectivity index (χ0n) is 18.2. The lowest BCUT2D eigenvalue weighted by molar-refractivity contribution is 0.0963. The molecule has 1 aliphatic rings. The third-order valence-corrected chi connectivity index (χ3v) is 5.28. The van der Waals surface area contributed by atoms with Gasteiger partial charge < -0.3 is 20.9 Å². The van der Waals surface area contributed by atoms with Crippen LogP contribution in [-0.4, -0.2) is 62.6 Å². The van der Waals surface area contributed by atoms with Crippen LogP contribution in [0.5, 0.6) is 0 Å². The fraction of sp³-hybridized carbons (Fsp3) is 0.636. The second-order valence-electron chi connectivity index (χ2n) is 7.45. The fourth-order valence-electron chi connectivity index (χ4n) is 3.63. The van der Waals surface area contributed by atoms with Crippen molar-refractivity contribution in [2.24, 2.45) is 4.99 Å². The first-order valence-corrected chi connectivity index (χ1v) is 10.7. The van der Waals surface area contributed by atoms with E-state index in [1.807, 2.05) is 18.2 Å². The van der Waals surface area contributed by atoms with E-state index in [0.29, 0.717) is 5.56 Å². The van der Waals surface area contributed by atoms with E-state index in [1.165, 1.54) is 25.8 Å². The molecular formula is C22H38IN5O. The molecule has 0 spiro atoms. The topological polar surface area (TPSA) is 68.8 Å². The number of likely N-dealkylation sites (tertiary alicyclic amines) is 1. The summed E-state index contributed by atoms with van der Waals surface area (Å²) in [6, 6.07) is 8.49. The van der Waals surface area contributed by atoms with E-state index >= 15 is 0 Å². The summed E-state index contributed by atoms with van der Waals surface area (Å²) in [5.74, 6) is 0.824. The number of guanidine groups is 1. The van der Waals surface area contributed by atoms with Crippen molar-refractivity contribution >= 4 is 35.8 Å². The molecule has 1 amide bonds. The standard InChI is InChI=1S/C22H37N5O.HI/c1-4-24-22(25-13-8-16-27-15-6-5-9-18(27)2)26-14-12-19-10-7-11-20(17-19)21(28)23-3;/h7,10-11,17-18H,4-6,8-9,12-16H2,1-3H3,(H,23,28)(H2,24,25,26);1H.